The SMILES string of the molecule is N[C@H](CO)c1ccc(F)c(Br)c1O. The number of aliphatic hydroxyl groups is 1. The zero-order valence-corrected chi connectivity index (χ0v) is 8.25. The Hall–Kier alpha value is -0.650. The lowest BCUT2D eigenvalue weighted by Crippen LogP contribution is -2.14. The van der Waals surface area contributed by atoms with Crippen LogP contribution in [0.25, 0.3) is 0 Å². The van der Waals surface area contributed by atoms with Gasteiger partial charge in [0.15, 0.2) is 0 Å². The van der Waals surface area contributed by atoms with Gasteiger partial charge in [-0.25, -0.2) is 4.39 Å². The number of nitrogens with two attached hydrogens (primary N) is 1. The van der Waals surface area contributed by atoms with Crippen molar-refractivity contribution >= 4 is 15.9 Å². The van der Waals surface area contributed by atoms with Crippen LogP contribution in [-0.2, 0) is 0 Å². The smallest absolute Gasteiger partial charge is 0.141 e. The molecule has 0 aliphatic heterocycles. The van der Waals surface area contributed by atoms with E-state index in [2.05, 4.69) is 15.9 Å². The molecule has 0 spiro atoms. The first-order chi connectivity index (χ1) is 6.07. The van der Waals surface area contributed by atoms with Crippen LogP contribution in [0.15, 0.2) is 16.6 Å². The second-order valence-corrected chi connectivity index (χ2v) is 3.38. The van der Waals surface area contributed by atoms with E-state index in [1.54, 1.807) is 0 Å². The van der Waals surface area contributed by atoms with Crippen LogP contribution in [0.1, 0.15) is 11.6 Å². The summed E-state index contributed by atoms with van der Waals surface area (Å²) in [5.41, 5.74) is 5.78. The van der Waals surface area contributed by atoms with E-state index in [0.717, 1.165) is 0 Å². The molecule has 3 nitrogen and oxygen atoms in total. The van der Waals surface area contributed by atoms with Crippen molar-refractivity contribution in [1.82, 2.24) is 0 Å². The highest BCUT2D eigenvalue weighted by atomic mass is 79.9. The van der Waals surface area contributed by atoms with Crippen molar-refractivity contribution in [3.8, 4) is 5.75 Å². The molecule has 1 atom stereocenters. The maximum absolute atomic E-state index is 12.8. The third-order valence-electron chi connectivity index (χ3n) is 1.70. The Balaban J connectivity index is 3.18. The number of hydrogen-bond acceptors (Lipinski definition) is 3. The first-order valence-electron chi connectivity index (χ1n) is 3.61. The van der Waals surface area contributed by atoms with Crippen LogP contribution in [-0.4, -0.2) is 16.8 Å². The second kappa shape index (κ2) is 4.04. The number of benzene rings is 1. The summed E-state index contributed by atoms with van der Waals surface area (Å²) in [6.07, 6.45) is 0. The summed E-state index contributed by atoms with van der Waals surface area (Å²) in [6, 6.07) is 1.82. The normalized spacial score (nSPS) is 12.9. The average Bonchev–Trinajstić information content (AvgIpc) is 2.13. The number of halogens is 2. The molecule has 0 amide bonds. The highest BCUT2D eigenvalue weighted by Crippen LogP contribution is 2.32. The van der Waals surface area contributed by atoms with Crippen molar-refractivity contribution < 1.29 is 14.6 Å². The van der Waals surface area contributed by atoms with Crippen molar-refractivity contribution in [3.05, 3.63) is 28.0 Å². The van der Waals surface area contributed by atoms with E-state index in [1.807, 2.05) is 0 Å². The average molecular weight is 250 g/mol. The van der Waals surface area contributed by atoms with Gasteiger partial charge in [0.1, 0.15) is 11.6 Å². The summed E-state index contributed by atoms with van der Waals surface area (Å²) in [7, 11) is 0. The van der Waals surface area contributed by atoms with Gasteiger partial charge in [-0.3, -0.25) is 0 Å². The minimum Gasteiger partial charge on any atom is -0.506 e. The van der Waals surface area contributed by atoms with Crippen molar-refractivity contribution in [2.45, 2.75) is 6.04 Å². The Kier molecular flexibility index (Phi) is 3.24. The van der Waals surface area contributed by atoms with Crippen LogP contribution in [0.5, 0.6) is 5.75 Å². The Morgan fingerprint density at radius 3 is 2.69 bits per heavy atom. The fourth-order valence-corrected chi connectivity index (χ4v) is 1.31. The van der Waals surface area contributed by atoms with Crippen LogP contribution in [0.3, 0.4) is 0 Å². The molecule has 4 N–H and O–H groups in total. The summed E-state index contributed by atoms with van der Waals surface area (Å²) in [4.78, 5) is 0. The van der Waals surface area contributed by atoms with E-state index >= 15 is 0 Å². The van der Waals surface area contributed by atoms with Crippen LogP contribution in [0, 0.1) is 5.82 Å². The first-order valence-corrected chi connectivity index (χ1v) is 4.40. The molecule has 0 fully saturated rings. The second-order valence-electron chi connectivity index (χ2n) is 2.59. The maximum Gasteiger partial charge on any atom is 0.141 e. The number of phenolic OH excluding ortho intramolecular Hbond substituents is 1. The zero-order chi connectivity index (χ0) is 10.0. The lowest BCUT2D eigenvalue weighted by Gasteiger charge is -2.11. The summed E-state index contributed by atoms with van der Waals surface area (Å²) < 4.78 is 12.8. The Labute approximate surface area is 83.1 Å². The van der Waals surface area contributed by atoms with E-state index in [-0.39, 0.29) is 16.8 Å². The van der Waals surface area contributed by atoms with Crippen LogP contribution < -0.4 is 5.73 Å². The van der Waals surface area contributed by atoms with Gasteiger partial charge in [-0.1, -0.05) is 6.07 Å². The zero-order valence-electron chi connectivity index (χ0n) is 6.67. The van der Waals surface area contributed by atoms with Crippen LogP contribution in [0.2, 0.25) is 0 Å². The maximum atomic E-state index is 12.8. The molecule has 0 saturated carbocycles. The van der Waals surface area contributed by atoms with Crippen molar-refractivity contribution in [2.75, 3.05) is 6.61 Å². The molecule has 1 aromatic rings. The first kappa shape index (κ1) is 10.4. The number of rotatable bonds is 2. The molecule has 0 heterocycles. The van der Waals surface area contributed by atoms with Gasteiger partial charge in [0, 0.05) is 5.56 Å². The minimum absolute atomic E-state index is 0.0334. The molecular weight excluding hydrogens is 241 g/mol. The predicted molar refractivity (Wildman–Crippen MR) is 49.8 cm³/mol. The largest absolute Gasteiger partial charge is 0.506 e. The molecule has 1 aromatic carbocycles. The van der Waals surface area contributed by atoms with E-state index in [9.17, 15) is 9.50 Å². The lowest BCUT2D eigenvalue weighted by atomic mass is 10.1. The van der Waals surface area contributed by atoms with Gasteiger partial charge in [0.2, 0.25) is 0 Å². The Morgan fingerprint density at radius 1 is 1.54 bits per heavy atom. The summed E-state index contributed by atoms with van der Waals surface area (Å²) in [6.45, 7) is -0.300. The number of aromatic hydroxyl groups is 1. The third kappa shape index (κ3) is 1.99. The Bertz CT molecular complexity index is 319. The molecule has 0 unspecified atom stereocenters. The molecular formula is C8H9BrFNO2. The lowest BCUT2D eigenvalue weighted by molar-refractivity contribution is 0.265. The highest BCUT2D eigenvalue weighted by Gasteiger charge is 2.14. The van der Waals surface area contributed by atoms with E-state index in [1.165, 1.54) is 12.1 Å². The molecule has 0 radical (unpaired) electrons. The monoisotopic (exact) mass is 249 g/mol. The molecule has 0 bridgehead atoms. The van der Waals surface area contributed by atoms with E-state index < -0.39 is 11.9 Å². The highest BCUT2D eigenvalue weighted by molar-refractivity contribution is 9.10. The third-order valence-corrected chi connectivity index (χ3v) is 2.45. The fraction of sp³-hybridized carbons (Fsp3) is 0.250. The van der Waals surface area contributed by atoms with E-state index in [4.69, 9.17) is 10.8 Å². The number of phenols is 1. The topological polar surface area (TPSA) is 66.5 Å². The summed E-state index contributed by atoms with van der Waals surface area (Å²) >= 11 is 2.87. The Morgan fingerprint density at radius 2 is 2.15 bits per heavy atom. The molecule has 1 rings (SSSR count). The number of hydrogen-bond donors (Lipinski definition) is 3. The van der Waals surface area contributed by atoms with Gasteiger partial charge in [0.25, 0.3) is 0 Å². The number of aliphatic hydroxyl groups excluding tert-OH is 1. The predicted octanol–water partition coefficient (Wildman–Crippen LogP) is 1.29. The van der Waals surface area contributed by atoms with Gasteiger partial charge in [-0.2, -0.15) is 0 Å². The minimum atomic E-state index is -0.697. The summed E-state index contributed by atoms with van der Waals surface area (Å²) in [5, 5.41) is 18.1. The van der Waals surface area contributed by atoms with Gasteiger partial charge in [-0.15, -0.1) is 0 Å². The molecule has 0 aliphatic rings. The van der Waals surface area contributed by atoms with Crippen LogP contribution in [0.4, 0.5) is 4.39 Å². The van der Waals surface area contributed by atoms with Gasteiger partial charge >= 0.3 is 0 Å². The summed E-state index contributed by atoms with van der Waals surface area (Å²) in [5.74, 6) is -0.826. The molecule has 0 aliphatic carbocycles. The van der Waals surface area contributed by atoms with Crippen molar-refractivity contribution in [1.29, 1.82) is 0 Å². The van der Waals surface area contributed by atoms with Crippen molar-refractivity contribution in [3.63, 3.8) is 0 Å². The molecule has 13 heavy (non-hydrogen) atoms. The van der Waals surface area contributed by atoms with Gasteiger partial charge in [0.05, 0.1) is 17.1 Å². The quantitative estimate of drug-likeness (QED) is 0.740. The molecule has 72 valence electrons. The van der Waals surface area contributed by atoms with Gasteiger partial charge in [-0.05, 0) is 22.0 Å². The molecule has 0 saturated heterocycles. The van der Waals surface area contributed by atoms with Gasteiger partial charge < -0.3 is 15.9 Å². The fourth-order valence-electron chi connectivity index (χ4n) is 0.952. The molecule has 0 aromatic heterocycles. The molecule has 5 heteroatoms. The van der Waals surface area contributed by atoms with Crippen LogP contribution >= 0.6 is 15.9 Å². The van der Waals surface area contributed by atoms with Crippen molar-refractivity contribution in [2.24, 2.45) is 5.73 Å². The standard InChI is InChI=1S/C8H9BrFNO2/c9-7-5(10)2-1-4(8(7)13)6(11)3-12/h1-2,6,12-13H,3,11H2/t6-/m1/s1. The van der Waals surface area contributed by atoms with E-state index in [0.29, 0.717) is 5.56 Å².